The van der Waals surface area contributed by atoms with Crippen LogP contribution in [0, 0.1) is 11.3 Å². The van der Waals surface area contributed by atoms with Gasteiger partial charge in [0.25, 0.3) is 0 Å². The van der Waals surface area contributed by atoms with Gasteiger partial charge in [0.2, 0.25) is 5.91 Å². The number of carbonyl (C=O) groups excluding carboxylic acids is 1. The molecule has 1 aliphatic heterocycles. The summed E-state index contributed by atoms with van der Waals surface area (Å²) in [4.78, 5) is 14.0. The number of nitrogens with two attached hydrogens (primary N) is 1. The zero-order chi connectivity index (χ0) is 14.5. The summed E-state index contributed by atoms with van der Waals surface area (Å²) in [6, 6.07) is 0. The normalized spacial score (nSPS) is 23.8. The maximum Gasteiger partial charge on any atom is 0.224 e. The number of carbonyl (C=O) groups is 1. The Morgan fingerprint density at radius 1 is 1.40 bits per heavy atom. The van der Waals surface area contributed by atoms with Crippen LogP contribution < -0.4 is 5.73 Å². The number of nitrogens with zero attached hydrogens (tertiary/aromatic N) is 1. The summed E-state index contributed by atoms with van der Waals surface area (Å²) in [6.07, 6.45) is 2.78. The van der Waals surface area contributed by atoms with Crippen LogP contribution in [0.3, 0.4) is 0 Å². The zero-order valence-corrected chi connectivity index (χ0v) is 14.2. The lowest BCUT2D eigenvalue weighted by atomic mass is 9.90. The van der Waals surface area contributed by atoms with Crippen LogP contribution in [0.1, 0.15) is 47.0 Å². The highest BCUT2D eigenvalue weighted by atomic mass is 35.5. The maximum absolute atomic E-state index is 12.1. The van der Waals surface area contributed by atoms with E-state index in [4.69, 9.17) is 10.5 Å². The van der Waals surface area contributed by atoms with E-state index in [2.05, 4.69) is 27.7 Å². The number of rotatable bonds is 7. The van der Waals surface area contributed by atoms with E-state index in [0.717, 1.165) is 25.9 Å². The van der Waals surface area contributed by atoms with E-state index in [0.29, 0.717) is 25.5 Å². The third-order valence-electron chi connectivity index (χ3n) is 3.92. The highest BCUT2D eigenvalue weighted by Crippen LogP contribution is 2.28. The molecule has 0 aliphatic carbocycles. The predicted molar refractivity (Wildman–Crippen MR) is 85.1 cm³/mol. The largest absolute Gasteiger partial charge is 0.378 e. The molecule has 4 nitrogen and oxygen atoms in total. The number of ether oxygens (including phenoxy) is 1. The van der Waals surface area contributed by atoms with Crippen LogP contribution in [0.4, 0.5) is 0 Å². The first-order valence-electron chi connectivity index (χ1n) is 7.46. The number of hydrogen-bond acceptors (Lipinski definition) is 3. The van der Waals surface area contributed by atoms with Gasteiger partial charge in [0.15, 0.2) is 0 Å². The number of amides is 1. The second-order valence-electron chi connectivity index (χ2n) is 6.64. The fourth-order valence-electron chi connectivity index (χ4n) is 2.64. The van der Waals surface area contributed by atoms with Crippen molar-refractivity contribution in [2.75, 3.05) is 26.2 Å². The molecule has 120 valence electrons. The third kappa shape index (κ3) is 6.42. The SMILES string of the molecule is CC(C)CC(C)OCCC(=O)N1CCC(C)(CN)C1.Cl. The van der Waals surface area contributed by atoms with Crippen LogP contribution in [0.5, 0.6) is 0 Å². The lowest BCUT2D eigenvalue weighted by Gasteiger charge is -2.23. The lowest BCUT2D eigenvalue weighted by Crippen LogP contribution is -2.35. The first-order chi connectivity index (χ1) is 8.86. The summed E-state index contributed by atoms with van der Waals surface area (Å²) in [5.74, 6) is 0.837. The van der Waals surface area contributed by atoms with E-state index in [1.165, 1.54) is 0 Å². The molecule has 0 saturated carbocycles. The molecule has 1 saturated heterocycles. The Balaban J connectivity index is 0.00000361. The lowest BCUT2D eigenvalue weighted by molar-refractivity contribution is -0.132. The number of hydrogen-bond donors (Lipinski definition) is 1. The van der Waals surface area contributed by atoms with Gasteiger partial charge in [0, 0.05) is 13.1 Å². The van der Waals surface area contributed by atoms with Gasteiger partial charge >= 0.3 is 0 Å². The van der Waals surface area contributed by atoms with Crippen molar-refractivity contribution in [2.45, 2.75) is 53.1 Å². The Kier molecular flexibility index (Phi) is 8.71. The smallest absolute Gasteiger partial charge is 0.224 e. The molecular formula is C15H31ClN2O2. The van der Waals surface area contributed by atoms with Gasteiger partial charge in [-0.25, -0.2) is 0 Å². The highest BCUT2D eigenvalue weighted by molar-refractivity contribution is 5.85. The minimum absolute atomic E-state index is 0. The van der Waals surface area contributed by atoms with Crippen LogP contribution in [-0.2, 0) is 9.53 Å². The van der Waals surface area contributed by atoms with Crippen molar-refractivity contribution in [2.24, 2.45) is 17.1 Å². The molecule has 2 atom stereocenters. The Bertz CT molecular complexity index is 300. The standard InChI is InChI=1S/C15H30N2O2.ClH/c1-12(2)9-13(3)19-8-5-14(18)17-7-6-15(4,10-16)11-17;/h12-13H,5-11,16H2,1-4H3;1H. The Hall–Kier alpha value is -0.320. The van der Waals surface area contributed by atoms with E-state index in [9.17, 15) is 4.79 Å². The van der Waals surface area contributed by atoms with E-state index in [-0.39, 0.29) is 29.8 Å². The van der Waals surface area contributed by atoms with Gasteiger partial charge in [-0.05, 0) is 37.6 Å². The molecule has 1 rings (SSSR count). The summed E-state index contributed by atoms with van der Waals surface area (Å²) in [6.45, 7) is 11.4. The van der Waals surface area contributed by atoms with E-state index in [1.807, 2.05) is 4.90 Å². The van der Waals surface area contributed by atoms with E-state index >= 15 is 0 Å². The van der Waals surface area contributed by atoms with Gasteiger partial charge in [0.05, 0.1) is 19.1 Å². The van der Waals surface area contributed by atoms with E-state index < -0.39 is 0 Å². The molecule has 1 fully saturated rings. The van der Waals surface area contributed by atoms with Gasteiger partial charge in [-0.3, -0.25) is 4.79 Å². The molecule has 1 heterocycles. The van der Waals surface area contributed by atoms with Gasteiger partial charge in [-0.2, -0.15) is 0 Å². The minimum Gasteiger partial charge on any atom is -0.378 e. The van der Waals surface area contributed by atoms with Gasteiger partial charge in [-0.1, -0.05) is 20.8 Å². The average Bonchev–Trinajstić information content (AvgIpc) is 2.72. The van der Waals surface area contributed by atoms with Crippen LogP contribution in [0.2, 0.25) is 0 Å². The number of likely N-dealkylation sites (tertiary alicyclic amines) is 1. The van der Waals surface area contributed by atoms with Gasteiger partial charge in [0.1, 0.15) is 0 Å². The molecule has 0 radical (unpaired) electrons. The fourth-order valence-corrected chi connectivity index (χ4v) is 2.64. The molecule has 0 aromatic carbocycles. The van der Waals surface area contributed by atoms with Crippen molar-refractivity contribution in [3.05, 3.63) is 0 Å². The molecular weight excluding hydrogens is 276 g/mol. The third-order valence-corrected chi connectivity index (χ3v) is 3.92. The quantitative estimate of drug-likeness (QED) is 0.786. The van der Waals surface area contributed by atoms with Crippen molar-refractivity contribution in [1.82, 2.24) is 4.90 Å². The van der Waals surface area contributed by atoms with Gasteiger partial charge < -0.3 is 15.4 Å². The molecule has 0 aromatic heterocycles. The summed E-state index contributed by atoms with van der Waals surface area (Å²) >= 11 is 0. The Morgan fingerprint density at radius 3 is 2.55 bits per heavy atom. The maximum atomic E-state index is 12.1. The minimum atomic E-state index is 0. The van der Waals surface area contributed by atoms with Crippen LogP contribution >= 0.6 is 12.4 Å². The van der Waals surface area contributed by atoms with Crippen LogP contribution in [0.25, 0.3) is 0 Å². The Morgan fingerprint density at radius 2 is 2.05 bits per heavy atom. The van der Waals surface area contributed by atoms with Gasteiger partial charge in [-0.15, -0.1) is 12.4 Å². The summed E-state index contributed by atoms with van der Waals surface area (Å²) in [5.41, 5.74) is 5.87. The summed E-state index contributed by atoms with van der Waals surface area (Å²) in [5, 5.41) is 0. The molecule has 2 unspecified atom stereocenters. The topological polar surface area (TPSA) is 55.6 Å². The fraction of sp³-hybridized carbons (Fsp3) is 0.933. The summed E-state index contributed by atoms with van der Waals surface area (Å²) < 4.78 is 5.69. The first-order valence-corrected chi connectivity index (χ1v) is 7.46. The molecule has 20 heavy (non-hydrogen) atoms. The number of halogens is 1. The van der Waals surface area contributed by atoms with Crippen molar-refractivity contribution >= 4 is 18.3 Å². The molecule has 1 amide bonds. The van der Waals surface area contributed by atoms with E-state index in [1.54, 1.807) is 0 Å². The predicted octanol–water partition coefficient (Wildman–Crippen LogP) is 2.45. The molecule has 0 bridgehead atoms. The van der Waals surface area contributed by atoms with Crippen molar-refractivity contribution in [1.29, 1.82) is 0 Å². The average molecular weight is 307 g/mol. The van der Waals surface area contributed by atoms with Crippen LogP contribution in [-0.4, -0.2) is 43.2 Å². The molecule has 0 spiro atoms. The van der Waals surface area contributed by atoms with Crippen LogP contribution in [0.15, 0.2) is 0 Å². The monoisotopic (exact) mass is 306 g/mol. The zero-order valence-electron chi connectivity index (χ0n) is 13.4. The van der Waals surface area contributed by atoms with Crippen molar-refractivity contribution in [3.63, 3.8) is 0 Å². The van der Waals surface area contributed by atoms with Crippen molar-refractivity contribution < 1.29 is 9.53 Å². The molecule has 5 heteroatoms. The highest BCUT2D eigenvalue weighted by Gasteiger charge is 2.34. The summed E-state index contributed by atoms with van der Waals surface area (Å²) in [7, 11) is 0. The molecule has 1 aliphatic rings. The molecule has 2 N–H and O–H groups in total. The molecule has 0 aromatic rings. The van der Waals surface area contributed by atoms with Crippen molar-refractivity contribution in [3.8, 4) is 0 Å². The Labute approximate surface area is 129 Å². The first kappa shape index (κ1) is 19.7. The second-order valence-corrected chi connectivity index (χ2v) is 6.64. The second kappa shape index (κ2) is 8.85.